The molecule has 1 heterocycles. The van der Waals surface area contributed by atoms with Gasteiger partial charge in [0.1, 0.15) is 5.38 Å². The van der Waals surface area contributed by atoms with Gasteiger partial charge in [0.2, 0.25) is 5.91 Å². The summed E-state index contributed by atoms with van der Waals surface area (Å²) in [5, 5.41) is -0.492. The van der Waals surface area contributed by atoms with E-state index in [-0.39, 0.29) is 5.91 Å². The van der Waals surface area contributed by atoms with Crippen molar-refractivity contribution in [2.45, 2.75) is 50.0 Å². The summed E-state index contributed by atoms with van der Waals surface area (Å²) < 4.78 is 0.606. The first-order valence-electron chi connectivity index (χ1n) is 8.37. The van der Waals surface area contributed by atoms with Gasteiger partial charge in [0.15, 0.2) is 0 Å². The van der Waals surface area contributed by atoms with Gasteiger partial charge in [0.05, 0.1) is 10.3 Å². The molecule has 0 radical (unpaired) electrons. The second-order valence-electron chi connectivity index (χ2n) is 5.70. The van der Waals surface area contributed by atoms with E-state index in [0.29, 0.717) is 4.58 Å². The van der Waals surface area contributed by atoms with Crippen LogP contribution in [0.4, 0.5) is 5.69 Å². The fourth-order valence-corrected chi connectivity index (χ4v) is 5.84. The molecule has 0 N–H and O–H groups in total. The highest BCUT2D eigenvalue weighted by molar-refractivity contribution is 8.20. The lowest BCUT2D eigenvalue weighted by Gasteiger charge is -2.29. The minimum Gasteiger partial charge on any atom is -0.311 e. The van der Waals surface area contributed by atoms with E-state index in [4.69, 9.17) is 11.6 Å². The van der Waals surface area contributed by atoms with Crippen LogP contribution in [0.15, 0.2) is 18.2 Å². The second-order valence-corrected chi connectivity index (χ2v) is 9.27. The van der Waals surface area contributed by atoms with Crippen molar-refractivity contribution < 1.29 is 4.79 Å². The Bertz CT molecular complexity index is 508. The van der Waals surface area contributed by atoms with Crippen molar-refractivity contribution in [2.24, 2.45) is 0 Å². The Morgan fingerprint density at radius 3 is 2.30 bits per heavy atom. The van der Waals surface area contributed by atoms with E-state index >= 15 is 0 Å². The van der Waals surface area contributed by atoms with Gasteiger partial charge in [-0.2, -0.15) is 0 Å². The SMILES string of the molecule is CCc1cccc(CC)c1N(CCC1SCCS1)C(=O)C(C)Cl. The molecule has 1 unspecified atom stereocenters. The molecule has 1 aliphatic heterocycles. The van der Waals surface area contributed by atoms with Crippen molar-refractivity contribution in [2.75, 3.05) is 23.0 Å². The van der Waals surface area contributed by atoms with E-state index in [9.17, 15) is 4.79 Å². The molecule has 0 spiro atoms. The molecular formula is C18H26ClNOS2. The Morgan fingerprint density at radius 2 is 1.83 bits per heavy atom. The zero-order valence-corrected chi connectivity index (χ0v) is 16.6. The maximum Gasteiger partial charge on any atom is 0.244 e. The van der Waals surface area contributed by atoms with Crippen LogP contribution in [0.5, 0.6) is 0 Å². The van der Waals surface area contributed by atoms with E-state index in [1.165, 1.54) is 22.6 Å². The van der Waals surface area contributed by atoms with Crippen LogP contribution in [0, 0.1) is 0 Å². The number of rotatable bonds is 7. The molecule has 2 nitrogen and oxygen atoms in total. The molecule has 0 aromatic heterocycles. The van der Waals surface area contributed by atoms with Gasteiger partial charge in [-0.25, -0.2) is 0 Å². The van der Waals surface area contributed by atoms with Crippen LogP contribution < -0.4 is 4.90 Å². The molecule has 1 atom stereocenters. The maximum atomic E-state index is 12.8. The van der Waals surface area contributed by atoms with Crippen LogP contribution in [-0.2, 0) is 17.6 Å². The van der Waals surface area contributed by atoms with Gasteiger partial charge in [0, 0.05) is 18.1 Å². The number of amides is 1. The zero-order valence-electron chi connectivity index (χ0n) is 14.2. The highest BCUT2D eigenvalue weighted by Crippen LogP contribution is 2.35. The van der Waals surface area contributed by atoms with Crippen LogP contribution in [0.1, 0.15) is 38.3 Å². The lowest BCUT2D eigenvalue weighted by molar-refractivity contribution is -0.118. The summed E-state index contributed by atoms with van der Waals surface area (Å²) in [6, 6.07) is 6.36. The number of para-hydroxylation sites is 1. The predicted molar refractivity (Wildman–Crippen MR) is 106 cm³/mol. The molecule has 23 heavy (non-hydrogen) atoms. The number of hydrogen-bond donors (Lipinski definition) is 0. The average Bonchev–Trinajstić information content (AvgIpc) is 3.08. The Labute approximate surface area is 153 Å². The van der Waals surface area contributed by atoms with Gasteiger partial charge in [-0.15, -0.1) is 35.1 Å². The highest BCUT2D eigenvalue weighted by Gasteiger charge is 2.26. The van der Waals surface area contributed by atoms with Gasteiger partial charge >= 0.3 is 0 Å². The number of carbonyl (C=O) groups excluding carboxylic acids is 1. The summed E-state index contributed by atoms with van der Waals surface area (Å²) in [6.45, 7) is 6.82. The van der Waals surface area contributed by atoms with Crippen LogP contribution in [0.2, 0.25) is 0 Å². The summed E-state index contributed by atoms with van der Waals surface area (Å²) >= 11 is 10.2. The molecule has 128 valence electrons. The largest absolute Gasteiger partial charge is 0.311 e. The van der Waals surface area contributed by atoms with Gasteiger partial charge < -0.3 is 4.90 Å². The van der Waals surface area contributed by atoms with Gasteiger partial charge in [0.25, 0.3) is 0 Å². The van der Waals surface area contributed by atoms with Crippen molar-refractivity contribution in [3.63, 3.8) is 0 Å². The van der Waals surface area contributed by atoms with Crippen molar-refractivity contribution in [1.29, 1.82) is 0 Å². The smallest absolute Gasteiger partial charge is 0.244 e. The van der Waals surface area contributed by atoms with Gasteiger partial charge in [-0.3, -0.25) is 4.79 Å². The average molecular weight is 372 g/mol. The molecule has 0 bridgehead atoms. The number of carbonyl (C=O) groups is 1. The van der Waals surface area contributed by atoms with Gasteiger partial charge in [-0.1, -0.05) is 32.0 Å². The summed E-state index contributed by atoms with van der Waals surface area (Å²) in [7, 11) is 0. The molecule has 1 aromatic rings. The Hall–Kier alpha value is -0.320. The number of aryl methyl sites for hydroxylation is 2. The summed E-state index contributed by atoms with van der Waals surface area (Å²) in [5.41, 5.74) is 3.58. The minimum atomic E-state index is -0.492. The van der Waals surface area contributed by atoms with Crippen LogP contribution in [0.3, 0.4) is 0 Å². The first-order chi connectivity index (χ1) is 11.1. The summed E-state index contributed by atoms with van der Waals surface area (Å²) in [5.74, 6) is 2.47. The number of anilines is 1. The van der Waals surface area contributed by atoms with Crippen molar-refractivity contribution in [1.82, 2.24) is 0 Å². The fourth-order valence-electron chi connectivity index (χ4n) is 2.92. The zero-order chi connectivity index (χ0) is 16.8. The molecule has 0 aliphatic carbocycles. The van der Waals surface area contributed by atoms with E-state index in [1.54, 1.807) is 6.92 Å². The lowest BCUT2D eigenvalue weighted by Crippen LogP contribution is -2.38. The van der Waals surface area contributed by atoms with Gasteiger partial charge in [-0.05, 0) is 37.3 Å². The summed E-state index contributed by atoms with van der Waals surface area (Å²) in [6.07, 6.45) is 2.87. The normalized spacial score (nSPS) is 16.5. The molecule has 1 saturated heterocycles. The number of nitrogens with zero attached hydrogens (tertiary/aromatic N) is 1. The van der Waals surface area contributed by atoms with Crippen molar-refractivity contribution >= 4 is 46.7 Å². The van der Waals surface area contributed by atoms with Crippen LogP contribution in [-0.4, -0.2) is 33.9 Å². The first-order valence-corrected chi connectivity index (χ1v) is 10.9. The van der Waals surface area contributed by atoms with Crippen LogP contribution >= 0.6 is 35.1 Å². The van der Waals surface area contributed by atoms with E-state index < -0.39 is 5.38 Å². The van der Waals surface area contributed by atoms with E-state index in [0.717, 1.165) is 31.5 Å². The molecule has 0 saturated carbocycles. The Morgan fingerprint density at radius 1 is 1.26 bits per heavy atom. The highest BCUT2D eigenvalue weighted by atomic mass is 35.5. The molecule has 1 aliphatic rings. The van der Waals surface area contributed by atoms with Crippen LogP contribution in [0.25, 0.3) is 0 Å². The second kappa shape index (κ2) is 9.24. The van der Waals surface area contributed by atoms with Crippen molar-refractivity contribution in [3.8, 4) is 0 Å². The number of benzene rings is 1. The van der Waals surface area contributed by atoms with Crippen molar-refractivity contribution in [3.05, 3.63) is 29.3 Å². The van der Waals surface area contributed by atoms with E-state index in [2.05, 4.69) is 32.0 Å². The molecule has 5 heteroatoms. The third-order valence-corrected chi connectivity index (χ3v) is 7.48. The first kappa shape index (κ1) is 19.0. The Balaban J connectivity index is 2.30. The number of thioether (sulfide) groups is 2. The Kier molecular flexibility index (Phi) is 7.64. The fraction of sp³-hybridized carbons (Fsp3) is 0.611. The molecule has 1 aromatic carbocycles. The molecule has 1 amide bonds. The third kappa shape index (κ3) is 4.83. The molecule has 1 fully saturated rings. The topological polar surface area (TPSA) is 20.3 Å². The lowest BCUT2D eigenvalue weighted by atomic mass is 10.0. The minimum absolute atomic E-state index is 0.0234. The number of hydrogen-bond acceptors (Lipinski definition) is 3. The van der Waals surface area contributed by atoms with E-state index in [1.807, 2.05) is 28.4 Å². The third-order valence-electron chi connectivity index (χ3n) is 4.12. The molecular weight excluding hydrogens is 346 g/mol. The monoisotopic (exact) mass is 371 g/mol. The number of alkyl halides is 1. The maximum absolute atomic E-state index is 12.8. The number of halogens is 1. The summed E-state index contributed by atoms with van der Waals surface area (Å²) in [4.78, 5) is 14.7. The quantitative estimate of drug-likeness (QED) is 0.631. The molecule has 2 rings (SSSR count). The standard InChI is InChI=1S/C18H26ClNOS2/c1-4-14-7-6-8-15(5-2)17(14)20(18(21)13(3)19)10-9-16-22-11-12-23-16/h6-8,13,16H,4-5,9-12H2,1-3H3. The predicted octanol–water partition coefficient (Wildman–Crippen LogP) is 4.97.